The molecular weight excluding hydrogens is 268 g/mol. The maximum Gasteiger partial charge on any atom is 0.323 e. The number of likely N-dealkylation sites (tertiary alicyclic amines) is 1. The molecule has 5 nitrogen and oxygen atoms in total. The second-order valence-electron chi connectivity index (χ2n) is 7.04. The first kappa shape index (κ1) is 16.7. The fraction of sp³-hybridized carbons (Fsp3) is 0.938. The van der Waals surface area contributed by atoms with E-state index in [2.05, 4.69) is 17.1 Å². The Labute approximate surface area is 128 Å². The van der Waals surface area contributed by atoms with Crippen molar-refractivity contribution >= 4 is 5.97 Å². The molecule has 5 heteroatoms. The molecule has 1 aliphatic heterocycles. The van der Waals surface area contributed by atoms with Crippen molar-refractivity contribution in [2.45, 2.75) is 63.6 Å². The minimum atomic E-state index is -0.802. The van der Waals surface area contributed by atoms with Crippen molar-refractivity contribution in [3.05, 3.63) is 0 Å². The van der Waals surface area contributed by atoms with Gasteiger partial charge in [0.15, 0.2) is 0 Å². The van der Waals surface area contributed by atoms with E-state index in [4.69, 9.17) is 4.74 Å². The Bertz CT molecular complexity index is 351. The van der Waals surface area contributed by atoms with E-state index in [9.17, 15) is 9.90 Å². The lowest BCUT2D eigenvalue weighted by molar-refractivity contribution is -0.145. The van der Waals surface area contributed by atoms with Crippen LogP contribution in [0.15, 0.2) is 0 Å². The highest BCUT2D eigenvalue weighted by Gasteiger charge is 2.40. The van der Waals surface area contributed by atoms with Crippen molar-refractivity contribution in [1.82, 2.24) is 10.2 Å². The van der Waals surface area contributed by atoms with Gasteiger partial charge in [0.1, 0.15) is 5.54 Å². The van der Waals surface area contributed by atoms with Crippen LogP contribution in [0.4, 0.5) is 0 Å². The van der Waals surface area contributed by atoms with Crippen LogP contribution in [0, 0.1) is 5.92 Å². The summed E-state index contributed by atoms with van der Waals surface area (Å²) in [6.07, 6.45) is 5.18. The van der Waals surface area contributed by atoms with E-state index >= 15 is 0 Å². The van der Waals surface area contributed by atoms with Crippen LogP contribution in [0.1, 0.15) is 46.0 Å². The van der Waals surface area contributed by atoms with Crippen LogP contribution >= 0.6 is 0 Å². The second-order valence-corrected chi connectivity index (χ2v) is 7.04. The van der Waals surface area contributed by atoms with Crippen molar-refractivity contribution in [1.29, 1.82) is 0 Å². The second kappa shape index (κ2) is 7.07. The number of methoxy groups -OCH3 is 1. The van der Waals surface area contributed by atoms with Crippen molar-refractivity contribution in [2.24, 2.45) is 5.92 Å². The summed E-state index contributed by atoms with van der Waals surface area (Å²) < 4.78 is 5.23. The molecule has 2 rings (SSSR count). The Kier molecular flexibility index (Phi) is 5.63. The molecule has 0 amide bonds. The standard InChI is InChI=1S/C16H30N2O3/c1-12(18-8-6-13(7-9-18)11-21-3)10-16(2,15(19)20)17-14-4-5-14/h12-14,17H,4-11H2,1-3H3,(H,19,20). The quantitative estimate of drug-likeness (QED) is 0.714. The van der Waals surface area contributed by atoms with Gasteiger partial charge in [-0.2, -0.15) is 0 Å². The fourth-order valence-corrected chi connectivity index (χ4v) is 3.40. The number of carboxylic acid groups (broad SMARTS) is 1. The van der Waals surface area contributed by atoms with E-state index in [0.717, 1.165) is 45.4 Å². The summed E-state index contributed by atoms with van der Waals surface area (Å²) in [5.74, 6) is -0.0654. The molecule has 2 aliphatic rings. The minimum Gasteiger partial charge on any atom is -0.480 e. The third-order valence-corrected chi connectivity index (χ3v) is 4.95. The van der Waals surface area contributed by atoms with Crippen LogP contribution in [0.25, 0.3) is 0 Å². The summed E-state index contributed by atoms with van der Waals surface area (Å²) in [5.41, 5.74) is -0.802. The third kappa shape index (κ3) is 4.66. The highest BCUT2D eigenvalue weighted by Crippen LogP contribution is 2.27. The Morgan fingerprint density at radius 2 is 2.00 bits per heavy atom. The molecule has 1 saturated carbocycles. The van der Waals surface area contributed by atoms with Crippen LogP contribution in [0.3, 0.4) is 0 Å². The highest BCUT2D eigenvalue weighted by molar-refractivity contribution is 5.78. The zero-order chi connectivity index (χ0) is 15.5. The summed E-state index contributed by atoms with van der Waals surface area (Å²) in [5, 5.41) is 12.9. The predicted molar refractivity (Wildman–Crippen MR) is 82.5 cm³/mol. The summed E-state index contributed by atoms with van der Waals surface area (Å²) in [6.45, 7) is 6.94. The van der Waals surface area contributed by atoms with E-state index in [1.54, 1.807) is 7.11 Å². The van der Waals surface area contributed by atoms with Gasteiger partial charge in [0.2, 0.25) is 0 Å². The monoisotopic (exact) mass is 298 g/mol. The number of carbonyl (C=O) groups is 1. The number of piperidine rings is 1. The van der Waals surface area contributed by atoms with E-state index in [0.29, 0.717) is 24.4 Å². The zero-order valence-corrected chi connectivity index (χ0v) is 13.6. The lowest BCUT2D eigenvalue weighted by Gasteiger charge is -2.39. The Morgan fingerprint density at radius 1 is 1.38 bits per heavy atom. The van der Waals surface area contributed by atoms with E-state index in [1.807, 2.05) is 6.92 Å². The number of carboxylic acids is 1. The fourth-order valence-electron chi connectivity index (χ4n) is 3.40. The first-order valence-electron chi connectivity index (χ1n) is 8.18. The van der Waals surface area contributed by atoms with Crippen molar-refractivity contribution in [2.75, 3.05) is 26.8 Å². The van der Waals surface area contributed by atoms with Gasteiger partial charge >= 0.3 is 5.97 Å². The SMILES string of the molecule is COCC1CCN(C(C)CC(C)(NC2CC2)C(=O)O)CC1. The van der Waals surface area contributed by atoms with Gasteiger partial charge in [-0.25, -0.2) is 0 Å². The Morgan fingerprint density at radius 3 is 2.48 bits per heavy atom. The molecule has 0 spiro atoms. The van der Waals surface area contributed by atoms with Gasteiger partial charge in [-0.15, -0.1) is 0 Å². The molecule has 2 N–H and O–H groups in total. The molecule has 0 aromatic heterocycles. The lowest BCUT2D eigenvalue weighted by Crippen LogP contribution is -2.55. The van der Waals surface area contributed by atoms with Crippen LogP contribution in [0.2, 0.25) is 0 Å². The smallest absolute Gasteiger partial charge is 0.323 e. The zero-order valence-electron chi connectivity index (χ0n) is 13.6. The highest BCUT2D eigenvalue weighted by atomic mass is 16.5. The van der Waals surface area contributed by atoms with Crippen LogP contribution in [-0.2, 0) is 9.53 Å². The molecule has 1 aliphatic carbocycles. The van der Waals surface area contributed by atoms with Gasteiger partial charge in [0, 0.05) is 25.8 Å². The van der Waals surface area contributed by atoms with Gasteiger partial charge in [0.25, 0.3) is 0 Å². The van der Waals surface area contributed by atoms with Crippen LogP contribution < -0.4 is 5.32 Å². The van der Waals surface area contributed by atoms with Gasteiger partial charge in [0.05, 0.1) is 0 Å². The summed E-state index contributed by atoms with van der Waals surface area (Å²) in [6, 6.07) is 0.701. The maximum absolute atomic E-state index is 11.6. The molecule has 21 heavy (non-hydrogen) atoms. The summed E-state index contributed by atoms with van der Waals surface area (Å²) >= 11 is 0. The number of hydrogen-bond acceptors (Lipinski definition) is 4. The van der Waals surface area contributed by atoms with Crippen molar-refractivity contribution in [3.8, 4) is 0 Å². The molecule has 122 valence electrons. The molecule has 0 radical (unpaired) electrons. The Hall–Kier alpha value is -0.650. The van der Waals surface area contributed by atoms with Crippen molar-refractivity contribution in [3.63, 3.8) is 0 Å². The van der Waals surface area contributed by atoms with Crippen LogP contribution in [0.5, 0.6) is 0 Å². The van der Waals surface area contributed by atoms with Crippen molar-refractivity contribution < 1.29 is 14.6 Å². The van der Waals surface area contributed by atoms with E-state index in [-0.39, 0.29) is 0 Å². The summed E-state index contributed by atoms with van der Waals surface area (Å²) in [7, 11) is 1.76. The number of nitrogens with zero attached hydrogens (tertiary/aromatic N) is 1. The third-order valence-electron chi connectivity index (χ3n) is 4.95. The van der Waals surface area contributed by atoms with Crippen LogP contribution in [-0.4, -0.2) is 60.4 Å². The first-order chi connectivity index (χ1) is 9.94. The van der Waals surface area contributed by atoms with Gasteiger partial charge < -0.3 is 14.7 Å². The molecule has 2 unspecified atom stereocenters. The molecule has 1 heterocycles. The minimum absolute atomic E-state index is 0.292. The molecule has 0 aromatic rings. The average Bonchev–Trinajstić information content (AvgIpc) is 3.23. The predicted octanol–water partition coefficient (Wildman–Crippen LogP) is 1.72. The molecule has 2 atom stereocenters. The first-order valence-corrected chi connectivity index (χ1v) is 8.18. The number of ether oxygens (including phenoxy) is 1. The molecule has 0 bridgehead atoms. The molecule has 2 fully saturated rings. The van der Waals surface area contributed by atoms with Gasteiger partial charge in [-0.1, -0.05) is 0 Å². The summed E-state index contributed by atoms with van der Waals surface area (Å²) in [4.78, 5) is 14.1. The molecular formula is C16H30N2O3. The average molecular weight is 298 g/mol. The van der Waals surface area contributed by atoms with Gasteiger partial charge in [-0.3, -0.25) is 10.1 Å². The van der Waals surface area contributed by atoms with E-state index < -0.39 is 11.5 Å². The number of aliphatic carboxylic acids is 1. The maximum atomic E-state index is 11.6. The molecule has 0 aromatic carbocycles. The normalized spacial score (nSPS) is 25.5. The molecule has 1 saturated heterocycles. The Balaban J connectivity index is 1.84. The van der Waals surface area contributed by atoms with Gasteiger partial charge in [-0.05, 0) is 65.0 Å². The lowest BCUT2D eigenvalue weighted by atomic mass is 9.90. The van der Waals surface area contributed by atoms with E-state index in [1.165, 1.54) is 0 Å². The largest absolute Gasteiger partial charge is 0.480 e. The topological polar surface area (TPSA) is 61.8 Å². The number of hydrogen-bond donors (Lipinski definition) is 2. The number of rotatable bonds is 8. The number of nitrogens with one attached hydrogen (secondary N) is 1.